The highest BCUT2D eigenvalue weighted by Gasteiger charge is 2.14. The third kappa shape index (κ3) is 4.78. The second-order valence-corrected chi connectivity index (χ2v) is 7.08. The van der Waals surface area contributed by atoms with E-state index in [2.05, 4.69) is 26.6 Å². The molecule has 0 atom stereocenters. The van der Waals surface area contributed by atoms with Gasteiger partial charge in [-0.2, -0.15) is 0 Å². The van der Waals surface area contributed by atoms with Crippen LogP contribution in [-0.2, 0) is 6.61 Å². The van der Waals surface area contributed by atoms with Crippen molar-refractivity contribution in [3.05, 3.63) is 70.4 Å². The van der Waals surface area contributed by atoms with Crippen LogP contribution < -0.4 is 15.4 Å². The fourth-order valence-electron chi connectivity index (χ4n) is 2.53. The lowest BCUT2D eigenvalue weighted by Gasteiger charge is -2.12. The van der Waals surface area contributed by atoms with Gasteiger partial charge in [0.05, 0.1) is 12.7 Å². The van der Waals surface area contributed by atoms with Crippen molar-refractivity contribution in [3.63, 3.8) is 0 Å². The summed E-state index contributed by atoms with van der Waals surface area (Å²) in [6.07, 6.45) is 0. The predicted molar refractivity (Wildman–Crippen MR) is 114 cm³/mol. The van der Waals surface area contributed by atoms with Crippen molar-refractivity contribution in [1.29, 1.82) is 0 Å². The van der Waals surface area contributed by atoms with Crippen molar-refractivity contribution < 1.29 is 19.1 Å². The number of thiocarbonyl (C=S) groups is 1. The molecule has 2 aromatic carbocycles. The second kappa shape index (κ2) is 9.01. The van der Waals surface area contributed by atoms with Gasteiger partial charge in [0, 0.05) is 15.7 Å². The first-order valence-corrected chi connectivity index (χ1v) is 9.46. The molecule has 0 saturated carbocycles. The molecule has 1 aromatic heterocycles. The smallest absolute Gasteiger partial charge is 0.261 e. The molecule has 28 heavy (non-hydrogen) atoms. The molecule has 3 N–H and O–H groups in total. The van der Waals surface area contributed by atoms with Crippen LogP contribution in [0.5, 0.6) is 5.75 Å². The molecular formula is C20H17BrN2O4S. The summed E-state index contributed by atoms with van der Waals surface area (Å²) in [5, 5.41) is 14.9. The minimum atomic E-state index is -0.376. The number of carbonyl (C=O) groups is 1. The Morgan fingerprint density at radius 2 is 1.93 bits per heavy atom. The standard InChI is InChI=1S/C20H17BrN2O4S/c1-26-18-8-4-13(21)10-16(18)19(25)23-20(28)22-14-5-2-12(3-6-14)17-9-7-15(11-24)27-17/h2-10,24H,11H2,1H3,(H2,22,23,25,28). The molecule has 0 aliphatic carbocycles. The number of ether oxygens (including phenoxy) is 1. The van der Waals surface area contributed by atoms with E-state index in [0.717, 1.165) is 10.0 Å². The maximum absolute atomic E-state index is 12.5. The number of aliphatic hydroxyl groups is 1. The number of rotatable bonds is 5. The molecule has 0 aliphatic heterocycles. The van der Waals surface area contributed by atoms with Crippen LogP contribution in [-0.4, -0.2) is 23.2 Å². The number of nitrogens with one attached hydrogen (secondary N) is 2. The summed E-state index contributed by atoms with van der Waals surface area (Å²) in [6.45, 7) is -0.142. The molecule has 0 radical (unpaired) electrons. The Bertz CT molecular complexity index is 1000. The maximum atomic E-state index is 12.5. The van der Waals surface area contributed by atoms with E-state index in [1.807, 2.05) is 24.3 Å². The highest BCUT2D eigenvalue weighted by atomic mass is 79.9. The first kappa shape index (κ1) is 20.1. The van der Waals surface area contributed by atoms with Gasteiger partial charge in [-0.05, 0) is 66.8 Å². The van der Waals surface area contributed by atoms with E-state index >= 15 is 0 Å². The summed E-state index contributed by atoms with van der Waals surface area (Å²) in [5.41, 5.74) is 1.94. The van der Waals surface area contributed by atoms with Gasteiger partial charge in [-0.1, -0.05) is 15.9 Å². The van der Waals surface area contributed by atoms with Crippen molar-refractivity contribution >= 4 is 44.9 Å². The number of halogens is 1. The number of furan rings is 1. The Morgan fingerprint density at radius 3 is 2.57 bits per heavy atom. The molecule has 0 saturated heterocycles. The van der Waals surface area contributed by atoms with Gasteiger partial charge in [-0.25, -0.2) is 0 Å². The van der Waals surface area contributed by atoms with Crippen LogP contribution in [0, 0.1) is 0 Å². The highest BCUT2D eigenvalue weighted by Crippen LogP contribution is 2.24. The van der Waals surface area contributed by atoms with E-state index in [-0.39, 0.29) is 17.6 Å². The summed E-state index contributed by atoms with van der Waals surface area (Å²) < 4.78 is 11.5. The van der Waals surface area contributed by atoms with E-state index in [1.165, 1.54) is 7.11 Å². The minimum Gasteiger partial charge on any atom is -0.496 e. The van der Waals surface area contributed by atoms with Gasteiger partial charge >= 0.3 is 0 Å². The molecule has 0 aliphatic rings. The predicted octanol–water partition coefficient (Wildman–Crippen LogP) is 4.34. The van der Waals surface area contributed by atoms with Gasteiger partial charge in [0.1, 0.15) is 23.9 Å². The first-order chi connectivity index (χ1) is 13.5. The third-order valence-corrected chi connectivity index (χ3v) is 4.58. The summed E-state index contributed by atoms with van der Waals surface area (Å²) in [7, 11) is 1.50. The van der Waals surface area contributed by atoms with Crippen LogP contribution in [0.3, 0.4) is 0 Å². The fourth-order valence-corrected chi connectivity index (χ4v) is 3.10. The van der Waals surface area contributed by atoms with Crippen molar-refractivity contribution in [2.24, 2.45) is 0 Å². The average molecular weight is 461 g/mol. The zero-order chi connectivity index (χ0) is 20.1. The van der Waals surface area contributed by atoms with Gasteiger partial charge in [0.2, 0.25) is 0 Å². The maximum Gasteiger partial charge on any atom is 0.261 e. The molecule has 0 fully saturated rings. The lowest BCUT2D eigenvalue weighted by atomic mass is 10.1. The Kier molecular flexibility index (Phi) is 6.45. The minimum absolute atomic E-state index is 0.142. The van der Waals surface area contributed by atoms with E-state index in [4.69, 9.17) is 26.5 Å². The van der Waals surface area contributed by atoms with Crippen LogP contribution in [0.1, 0.15) is 16.1 Å². The lowest BCUT2D eigenvalue weighted by Crippen LogP contribution is -2.34. The third-order valence-electron chi connectivity index (χ3n) is 3.88. The molecule has 144 valence electrons. The van der Waals surface area contributed by atoms with Crippen molar-refractivity contribution in [3.8, 4) is 17.1 Å². The number of aliphatic hydroxyl groups excluding tert-OH is 1. The Hall–Kier alpha value is -2.68. The van der Waals surface area contributed by atoms with Gasteiger partial charge in [-0.3, -0.25) is 10.1 Å². The molecule has 0 unspecified atom stereocenters. The van der Waals surface area contributed by atoms with Crippen LogP contribution in [0.15, 0.2) is 63.5 Å². The fraction of sp³-hybridized carbons (Fsp3) is 0.100. The normalized spacial score (nSPS) is 10.4. The highest BCUT2D eigenvalue weighted by molar-refractivity contribution is 9.10. The number of anilines is 1. The number of amides is 1. The number of carbonyl (C=O) groups excluding carboxylic acids is 1. The number of benzene rings is 2. The summed E-state index contributed by atoms with van der Waals surface area (Å²) >= 11 is 8.57. The topological polar surface area (TPSA) is 83.7 Å². The summed E-state index contributed by atoms with van der Waals surface area (Å²) in [5.74, 6) is 1.24. The van der Waals surface area contributed by atoms with Crippen molar-refractivity contribution in [2.75, 3.05) is 12.4 Å². The van der Waals surface area contributed by atoms with Crippen molar-refractivity contribution in [2.45, 2.75) is 6.61 Å². The molecule has 1 heterocycles. The van der Waals surface area contributed by atoms with E-state index in [0.29, 0.717) is 28.5 Å². The Morgan fingerprint density at radius 1 is 1.18 bits per heavy atom. The summed E-state index contributed by atoms with van der Waals surface area (Å²) in [6, 6.07) is 16.0. The number of hydrogen-bond donors (Lipinski definition) is 3. The molecule has 0 bridgehead atoms. The van der Waals surface area contributed by atoms with E-state index in [9.17, 15) is 4.79 Å². The van der Waals surface area contributed by atoms with Gasteiger partial charge in [-0.15, -0.1) is 0 Å². The summed E-state index contributed by atoms with van der Waals surface area (Å²) in [4.78, 5) is 12.5. The molecule has 3 aromatic rings. The second-order valence-electron chi connectivity index (χ2n) is 5.75. The average Bonchev–Trinajstić information content (AvgIpc) is 3.17. The molecule has 0 spiro atoms. The lowest BCUT2D eigenvalue weighted by molar-refractivity contribution is 0.0974. The molecule has 1 amide bonds. The molecule has 6 nitrogen and oxygen atoms in total. The number of methoxy groups -OCH3 is 1. The van der Waals surface area contributed by atoms with Gasteiger partial charge < -0.3 is 19.6 Å². The van der Waals surface area contributed by atoms with E-state index < -0.39 is 0 Å². The molecule has 3 rings (SSSR count). The van der Waals surface area contributed by atoms with Crippen LogP contribution in [0.4, 0.5) is 5.69 Å². The number of hydrogen-bond acceptors (Lipinski definition) is 5. The molecular weight excluding hydrogens is 444 g/mol. The van der Waals surface area contributed by atoms with Crippen LogP contribution in [0.25, 0.3) is 11.3 Å². The quantitative estimate of drug-likeness (QED) is 0.491. The van der Waals surface area contributed by atoms with Crippen LogP contribution in [0.2, 0.25) is 0 Å². The Balaban J connectivity index is 1.65. The van der Waals surface area contributed by atoms with Gasteiger partial charge in [0.25, 0.3) is 5.91 Å². The first-order valence-electron chi connectivity index (χ1n) is 8.26. The van der Waals surface area contributed by atoms with Gasteiger partial charge in [0.15, 0.2) is 5.11 Å². The SMILES string of the molecule is COc1ccc(Br)cc1C(=O)NC(=S)Nc1ccc(-c2ccc(CO)o2)cc1. The van der Waals surface area contributed by atoms with Crippen LogP contribution >= 0.6 is 28.1 Å². The van der Waals surface area contributed by atoms with Crippen molar-refractivity contribution in [1.82, 2.24) is 5.32 Å². The zero-order valence-corrected chi connectivity index (χ0v) is 17.3. The van der Waals surface area contributed by atoms with E-state index in [1.54, 1.807) is 30.3 Å². The molecule has 8 heteroatoms. The monoisotopic (exact) mass is 460 g/mol. The Labute approximate surface area is 175 Å². The zero-order valence-electron chi connectivity index (χ0n) is 14.9. The largest absolute Gasteiger partial charge is 0.496 e.